The predicted octanol–water partition coefficient (Wildman–Crippen LogP) is -0.442. The number of amides is 1. The highest BCUT2D eigenvalue weighted by Gasteiger charge is 2.28. The van der Waals surface area contributed by atoms with E-state index in [0.717, 1.165) is 0 Å². The fraction of sp³-hybridized carbons (Fsp3) is 0.842. The molecule has 0 aliphatic rings. The second kappa shape index (κ2) is 12.3. The summed E-state index contributed by atoms with van der Waals surface area (Å²) in [6, 6.07) is 0. The van der Waals surface area contributed by atoms with E-state index in [0.29, 0.717) is 37.0 Å². The van der Waals surface area contributed by atoms with Crippen LogP contribution in [0.5, 0.6) is 0 Å². The van der Waals surface area contributed by atoms with Gasteiger partial charge in [0.1, 0.15) is 11.2 Å². The molecular weight excluding hydrogens is 432 g/mol. The number of quaternary nitrogens is 1. The standard InChI is InChI=1S/C19H36N2O6.BrH/c1-18(2,3)26-16(24)14-21(7,12-8-10-15(22)23)13-9-11-20-17(25)27-19(4,5)6;/h8-14H2,1-7H3,(H-,20,22,23,25);1H. The van der Waals surface area contributed by atoms with Crippen LogP contribution in [0.25, 0.3) is 0 Å². The first-order chi connectivity index (χ1) is 12.1. The number of carboxylic acid groups (broad SMARTS) is 1. The lowest BCUT2D eigenvalue weighted by atomic mass is 10.2. The van der Waals surface area contributed by atoms with Gasteiger partial charge in [-0.15, -0.1) is 0 Å². The number of carboxylic acids is 1. The highest BCUT2D eigenvalue weighted by molar-refractivity contribution is 5.71. The maximum atomic E-state index is 12.2. The number of rotatable bonds is 10. The molecule has 0 fully saturated rings. The SMILES string of the molecule is CC(C)(C)OC(=O)C[N+](C)(CCCNC(=O)OC(C)(C)C)CCCC(=O)O.[Br-]. The number of carbonyl (C=O) groups excluding carboxylic acids is 2. The molecule has 0 saturated carbocycles. The summed E-state index contributed by atoms with van der Waals surface area (Å²) in [6.45, 7) is 12.5. The molecule has 0 aliphatic carbocycles. The molecule has 0 rings (SSSR count). The van der Waals surface area contributed by atoms with E-state index in [-0.39, 0.29) is 35.9 Å². The molecule has 2 N–H and O–H groups in total. The zero-order chi connectivity index (χ0) is 21.3. The van der Waals surface area contributed by atoms with E-state index in [1.54, 1.807) is 20.8 Å². The van der Waals surface area contributed by atoms with Gasteiger partial charge in [0.15, 0.2) is 6.54 Å². The molecule has 0 bridgehead atoms. The summed E-state index contributed by atoms with van der Waals surface area (Å²) in [7, 11) is 1.90. The fourth-order valence-corrected chi connectivity index (χ4v) is 2.53. The van der Waals surface area contributed by atoms with Crippen LogP contribution in [0.15, 0.2) is 0 Å². The smallest absolute Gasteiger partial charge is 0.407 e. The van der Waals surface area contributed by atoms with Crippen molar-refractivity contribution in [1.29, 1.82) is 0 Å². The van der Waals surface area contributed by atoms with Gasteiger partial charge in [-0.2, -0.15) is 0 Å². The molecule has 0 aromatic carbocycles. The Labute approximate surface area is 179 Å². The van der Waals surface area contributed by atoms with Crippen LogP contribution in [0.3, 0.4) is 0 Å². The number of nitrogens with zero attached hydrogens (tertiary/aromatic N) is 1. The van der Waals surface area contributed by atoms with Gasteiger partial charge >= 0.3 is 18.0 Å². The van der Waals surface area contributed by atoms with Gasteiger partial charge in [0.05, 0.1) is 26.6 Å². The molecule has 9 heteroatoms. The summed E-state index contributed by atoms with van der Waals surface area (Å²) in [6.07, 6.45) is 0.674. The van der Waals surface area contributed by atoms with Gasteiger partial charge in [-0.05, 0) is 41.5 Å². The summed E-state index contributed by atoms with van der Waals surface area (Å²) in [5.41, 5.74) is -1.12. The van der Waals surface area contributed by atoms with Crippen molar-refractivity contribution in [2.45, 2.75) is 72.0 Å². The van der Waals surface area contributed by atoms with Crippen molar-refractivity contribution < 1.29 is 50.4 Å². The molecule has 8 nitrogen and oxygen atoms in total. The molecule has 166 valence electrons. The van der Waals surface area contributed by atoms with E-state index >= 15 is 0 Å². The first-order valence-corrected chi connectivity index (χ1v) is 9.36. The van der Waals surface area contributed by atoms with Crippen LogP contribution in [-0.2, 0) is 19.1 Å². The number of ether oxygens (including phenoxy) is 2. The zero-order valence-corrected chi connectivity index (χ0v) is 19.8. The molecule has 1 unspecified atom stereocenters. The Bertz CT molecular complexity index is 514. The number of carbonyl (C=O) groups is 3. The van der Waals surface area contributed by atoms with Crippen LogP contribution in [0.2, 0.25) is 0 Å². The Kier molecular flexibility index (Phi) is 12.6. The van der Waals surface area contributed by atoms with Crippen molar-refractivity contribution in [3.05, 3.63) is 0 Å². The number of alkyl carbamates (subject to hydrolysis) is 1. The lowest BCUT2D eigenvalue weighted by Crippen LogP contribution is -3.00. The quantitative estimate of drug-likeness (QED) is 0.256. The molecule has 0 saturated heterocycles. The van der Waals surface area contributed by atoms with Gasteiger partial charge in [0, 0.05) is 19.4 Å². The second-order valence-electron chi connectivity index (χ2n) is 9.09. The topological polar surface area (TPSA) is 102 Å². The van der Waals surface area contributed by atoms with Crippen molar-refractivity contribution >= 4 is 18.0 Å². The maximum absolute atomic E-state index is 12.2. The Hall–Kier alpha value is -1.35. The molecular formula is C19H37BrN2O6. The lowest BCUT2D eigenvalue weighted by molar-refractivity contribution is -0.902. The molecule has 0 aromatic heterocycles. The Morgan fingerprint density at radius 2 is 1.43 bits per heavy atom. The summed E-state index contributed by atoms with van der Waals surface area (Å²) >= 11 is 0. The van der Waals surface area contributed by atoms with Gasteiger partial charge in [-0.1, -0.05) is 0 Å². The van der Waals surface area contributed by atoms with Crippen molar-refractivity contribution in [3.8, 4) is 0 Å². The molecule has 1 atom stereocenters. The Morgan fingerprint density at radius 1 is 0.929 bits per heavy atom. The van der Waals surface area contributed by atoms with Crippen LogP contribution in [0.1, 0.15) is 60.8 Å². The van der Waals surface area contributed by atoms with Gasteiger partial charge in [-0.3, -0.25) is 4.79 Å². The van der Waals surface area contributed by atoms with Gasteiger partial charge in [0.25, 0.3) is 0 Å². The molecule has 0 radical (unpaired) electrons. The third-order valence-corrected chi connectivity index (χ3v) is 3.56. The van der Waals surface area contributed by atoms with Gasteiger partial charge in [-0.25, -0.2) is 9.59 Å². The van der Waals surface area contributed by atoms with E-state index in [2.05, 4.69) is 5.32 Å². The number of nitrogens with one attached hydrogen (secondary N) is 1. The first kappa shape index (κ1) is 28.9. The van der Waals surface area contributed by atoms with E-state index in [1.165, 1.54) is 0 Å². The van der Waals surface area contributed by atoms with E-state index < -0.39 is 23.3 Å². The Balaban J connectivity index is 0. The van der Waals surface area contributed by atoms with E-state index in [9.17, 15) is 14.4 Å². The minimum Gasteiger partial charge on any atom is -1.00 e. The molecule has 28 heavy (non-hydrogen) atoms. The minimum absolute atomic E-state index is 0. The fourth-order valence-electron chi connectivity index (χ4n) is 2.53. The third-order valence-electron chi connectivity index (χ3n) is 3.56. The van der Waals surface area contributed by atoms with Crippen LogP contribution < -0.4 is 22.3 Å². The van der Waals surface area contributed by atoms with Crippen LogP contribution in [0, 0.1) is 0 Å². The number of esters is 1. The monoisotopic (exact) mass is 468 g/mol. The highest BCUT2D eigenvalue weighted by Crippen LogP contribution is 2.13. The summed E-state index contributed by atoms with van der Waals surface area (Å²) < 4.78 is 10.9. The largest absolute Gasteiger partial charge is 1.00 e. The first-order valence-electron chi connectivity index (χ1n) is 9.36. The molecule has 0 spiro atoms. The summed E-state index contributed by atoms with van der Waals surface area (Å²) in [5.74, 6) is -1.18. The number of aliphatic carboxylic acids is 1. The van der Waals surface area contributed by atoms with Crippen molar-refractivity contribution in [3.63, 3.8) is 0 Å². The number of halogens is 1. The molecule has 0 aliphatic heterocycles. The highest BCUT2D eigenvalue weighted by atomic mass is 79.9. The van der Waals surface area contributed by atoms with Gasteiger partial charge in [0.2, 0.25) is 0 Å². The van der Waals surface area contributed by atoms with Gasteiger partial charge < -0.3 is 41.4 Å². The number of hydrogen-bond donors (Lipinski definition) is 2. The van der Waals surface area contributed by atoms with Crippen LogP contribution in [-0.4, -0.2) is 72.1 Å². The molecule has 0 heterocycles. The average molecular weight is 469 g/mol. The number of likely N-dealkylation sites (N-methyl/N-ethyl adjacent to an activating group) is 1. The van der Waals surface area contributed by atoms with Crippen LogP contribution >= 0.6 is 0 Å². The number of hydrogen-bond acceptors (Lipinski definition) is 5. The molecule has 1 amide bonds. The van der Waals surface area contributed by atoms with Crippen LogP contribution in [0.4, 0.5) is 4.79 Å². The maximum Gasteiger partial charge on any atom is 0.407 e. The lowest BCUT2D eigenvalue weighted by Gasteiger charge is -2.34. The minimum atomic E-state index is -0.856. The second-order valence-corrected chi connectivity index (χ2v) is 9.09. The third kappa shape index (κ3) is 16.8. The van der Waals surface area contributed by atoms with Crippen molar-refractivity contribution in [1.82, 2.24) is 5.32 Å². The predicted molar refractivity (Wildman–Crippen MR) is 102 cm³/mol. The molecule has 0 aromatic rings. The Morgan fingerprint density at radius 3 is 1.89 bits per heavy atom. The van der Waals surface area contributed by atoms with Crippen molar-refractivity contribution in [2.75, 3.05) is 33.2 Å². The van der Waals surface area contributed by atoms with Crippen molar-refractivity contribution in [2.24, 2.45) is 0 Å². The summed E-state index contributed by atoms with van der Waals surface area (Å²) in [4.78, 5) is 34.7. The normalized spacial score (nSPS) is 13.7. The zero-order valence-electron chi connectivity index (χ0n) is 18.3. The summed E-state index contributed by atoms with van der Waals surface area (Å²) in [5, 5.41) is 11.5. The van der Waals surface area contributed by atoms with E-state index in [1.807, 2.05) is 27.8 Å². The van der Waals surface area contributed by atoms with E-state index in [4.69, 9.17) is 14.6 Å². The average Bonchev–Trinajstić information content (AvgIpc) is 2.38.